The molecule has 1 aliphatic rings. The first-order valence-electron chi connectivity index (χ1n) is 11.9. The maximum absolute atomic E-state index is 6.01. The van der Waals surface area contributed by atoms with E-state index in [1.165, 1.54) is 42.7 Å². The van der Waals surface area contributed by atoms with Gasteiger partial charge in [0.1, 0.15) is 0 Å². The Hall–Kier alpha value is -3.37. The summed E-state index contributed by atoms with van der Waals surface area (Å²) in [5, 5.41) is 0.753. The van der Waals surface area contributed by atoms with Crippen LogP contribution in [0.1, 0.15) is 24.0 Å². The summed E-state index contributed by atoms with van der Waals surface area (Å²) in [5.41, 5.74) is 6.20. The third-order valence-corrected chi connectivity index (χ3v) is 6.82. The number of halogens is 1. The van der Waals surface area contributed by atoms with Crippen LogP contribution in [0.5, 0.6) is 0 Å². The van der Waals surface area contributed by atoms with Gasteiger partial charge in [0, 0.05) is 71.9 Å². The van der Waals surface area contributed by atoms with E-state index in [9.17, 15) is 0 Å². The van der Waals surface area contributed by atoms with Crippen molar-refractivity contribution in [3.63, 3.8) is 0 Å². The van der Waals surface area contributed by atoms with Crippen molar-refractivity contribution in [2.75, 3.05) is 29.9 Å². The number of hydrogen-bond donors (Lipinski definition) is 0. The normalized spacial score (nSPS) is 13.3. The summed E-state index contributed by atoms with van der Waals surface area (Å²) in [5.74, 6) is 0. The maximum Gasteiger partial charge on any atom is 0.173 e. The minimum absolute atomic E-state index is 0.753. The Morgan fingerprint density at radius 3 is 1.68 bits per heavy atom. The van der Waals surface area contributed by atoms with Gasteiger partial charge in [-0.25, -0.2) is 9.13 Å². The summed E-state index contributed by atoms with van der Waals surface area (Å²) < 4.78 is 4.46. The van der Waals surface area contributed by atoms with Gasteiger partial charge in [0.05, 0.1) is 5.69 Å². The number of aromatic nitrogens is 2. The van der Waals surface area contributed by atoms with E-state index in [-0.39, 0.29) is 0 Å². The van der Waals surface area contributed by atoms with Crippen molar-refractivity contribution >= 4 is 28.7 Å². The van der Waals surface area contributed by atoms with E-state index in [1.807, 2.05) is 24.3 Å². The Bertz CT molecular complexity index is 1200. The molecule has 0 amide bonds. The van der Waals surface area contributed by atoms with E-state index in [1.54, 1.807) is 0 Å². The number of anilines is 3. The fraction of sp³-hybridized carbons (Fsp3) is 0.241. The van der Waals surface area contributed by atoms with Crippen LogP contribution in [0.25, 0.3) is 0 Å². The zero-order chi connectivity index (χ0) is 23.3. The molecule has 172 valence electrons. The molecule has 34 heavy (non-hydrogen) atoms. The fourth-order valence-corrected chi connectivity index (χ4v) is 4.63. The first kappa shape index (κ1) is 22.4. The lowest BCUT2D eigenvalue weighted by atomic mass is 10.1. The summed E-state index contributed by atoms with van der Waals surface area (Å²) in [6.45, 7) is 4.11. The van der Waals surface area contributed by atoms with Gasteiger partial charge < -0.3 is 9.80 Å². The Balaban J connectivity index is 1.18. The minimum Gasteiger partial charge on any atom is -0.371 e. The van der Waals surface area contributed by atoms with Gasteiger partial charge in [-0.3, -0.25) is 0 Å². The van der Waals surface area contributed by atoms with Crippen LogP contribution in [0.2, 0.25) is 5.02 Å². The third-order valence-electron chi connectivity index (χ3n) is 6.57. The van der Waals surface area contributed by atoms with Gasteiger partial charge in [-0.2, -0.15) is 0 Å². The Kier molecular flexibility index (Phi) is 6.77. The Morgan fingerprint density at radius 1 is 0.676 bits per heavy atom. The summed E-state index contributed by atoms with van der Waals surface area (Å²) in [6, 6.07) is 25.6. The van der Waals surface area contributed by atoms with E-state index >= 15 is 0 Å². The molecule has 0 spiro atoms. The highest BCUT2D eigenvalue weighted by atomic mass is 35.5. The van der Waals surface area contributed by atoms with Crippen LogP contribution in [-0.4, -0.2) is 20.1 Å². The smallest absolute Gasteiger partial charge is 0.173 e. The molecule has 2 aromatic carbocycles. The van der Waals surface area contributed by atoms with Gasteiger partial charge in [0.2, 0.25) is 0 Å². The molecule has 0 saturated carbocycles. The number of nitrogens with zero attached hydrogens (tertiary/aromatic N) is 4. The van der Waals surface area contributed by atoms with E-state index in [0.29, 0.717) is 0 Å². The van der Waals surface area contributed by atoms with Crippen LogP contribution in [0.15, 0.2) is 97.6 Å². The van der Waals surface area contributed by atoms with Crippen LogP contribution < -0.4 is 18.9 Å². The maximum atomic E-state index is 6.01. The average molecular weight is 471 g/mol. The fourth-order valence-electron chi connectivity index (χ4n) is 4.50. The zero-order valence-electron chi connectivity index (χ0n) is 19.6. The summed E-state index contributed by atoms with van der Waals surface area (Å²) in [7, 11) is 2.07. The molecular formula is C29H31ClN4+2. The highest BCUT2D eigenvalue weighted by Gasteiger charge is 2.14. The summed E-state index contributed by atoms with van der Waals surface area (Å²) >= 11 is 6.01. The largest absolute Gasteiger partial charge is 0.371 e. The molecule has 5 rings (SSSR count). The Labute approximate surface area is 207 Å². The monoisotopic (exact) mass is 470 g/mol. The highest BCUT2D eigenvalue weighted by molar-refractivity contribution is 6.30. The molecule has 0 atom stereocenters. The van der Waals surface area contributed by atoms with Crippen molar-refractivity contribution < 1.29 is 9.13 Å². The topological polar surface area (TPSA) is 14.2 Å². The number of pyridine rings is 2. The SMILES string of the molecule is CN(c1ccc(Cl)cc1)c1cc[n+](Cc2ccc(C[n+]3ccc(N4CCCC4)cc3)cc2)cc1. The molecule has 0 bridgehead atoms. The summed E-state index contributed by atoms with van der Waals surface area (Å²) in [6.07, 6.45) is 11.3. The van der Waals surface area contributed by atoms with Crippen molar-refractivity contribution in [1.82, 2.24) is 0 Å². The molecule has 4 nitrogen and oxygen atoms in total. The predicted molar refractivity (Wildman–Crippen MR) is 139 cm³/mol. The molecule has 0 N–H and O–H groups in total. The second-order valence-corrected chi connectivity index (χ2v) is 9.44. The molecule has 1 aliphatic heterocycles. The van der Waals surface area contributed by atoms with E-state index in [0.717, 1.165) is 29.5 Å². The second-order valence-electron chi connectivity index (χ2n) is 9.00. The first-order chi connectivity index (χ1) is 16.6. The van der Waals surface area contributed by atoms with E-state index in [4.69, 9.17) is 11.6 Å². The molecule has 0 radical (unpaired) electrons. The van der Waals surface area contributed by atoms with Crippen LogP contribution >= 0.6 is 11.6 Å². The van der Waals surface area contributed by atoms with Crippen molar-refractivity contribution in [2.45, 2.75) is 25.9 Å². The standard InChI is InChI=1S/C29H31ClN4/c1-31(27-10-8-26(30)9-11-27)28-12-18-32(19-13-28)22-24-4-6-25(7-5-24)23-33-20-14-29(15-21-33)34-16-2-3-17-34/h4-15,18-21H,2-3,16-17,22-23H2,1H3/q+2. The van der Waals surface area contributed by atoms with Crippen molar-refractivity contribution in [3.8, 4) is 0 Å². The van der Waals surface area contributed by atoms with Crippen molar-refractivity contribution in [2.24, 2.45) is 0 Å². The number of hydrogen-bond acceptors (Lipinski definition) is 2. The number of benzene rings is 2. The predicted octanol–water partition coefficient (Wildman–Crippen LogP) is 5.38. The van der Waals surface area contributed by atoms with Crippen molar-refractivity contribution in [3.05, 3.63) is 114 Å². The highest BCUT2D eigenvalue weighted by Crippen LogP contribution is 2.24. The summed E-state index contributed by atoms with van der Waals surface area (Å²) in [4.78, 5) is 4.63. The molecular weight excluding hydrogens is 440 g/mol. The van der Waals surface area contributed by atoms with Gasteiger partial charge in [0.15, 0.2) is 37.9 Å². The molecule has 1 fully saturated rings. The average Bonchev–Trinajstić information content (AvgIpc) is 3.41. The molecule has 0 unspecified atom stereocenters. The van der Waals surface area contributed by atoms with Crippen LogP contribution in [0, 0.1) is 0 Å². The molecule has 4 aromatic rings. The number of rotatable bonds is 7. The molecule has 5 heteroatoms. The van der Waals surface area contributed by atoms with E-state index < -0.39 is 0 Å². The third kappa shape index (κ3) is 5.40. The van der Waals surface area contributed by atoms with Crippen molar-refractivity contribution in [1.29, 1.82) is 0 Å². The minimum atomic E-state index is 0.753. The zero-order valence-corrected chi connectivity index (χ0v) is 20.4. The van der Waals surface area contributed by atoms with Gasteiger partial charge in [-0.05, 0) is 37.1 Å². The van der Waals surface area contributed by atoms with Gasteiger partial charge in [0.25, 0.3) is 0 Å². The van der Waals surface area contributed by atoms with E-state index in [2.05, 4.69) is 99.3 Å². The lowest BCUT2D eigenvalue weighted by Crippen LogP contribution is -2.34. The van der Waals surface area contributed by atoms with Crippen LogP contribution in [0.4, 0.5) is 17.1 Å². The molecule has 0 aliphatic carbocycles. The quantitative estimate of drug-likeness (QED) is 0.337. The second kappa shape index (κ2) is 10.3. The van der Waals surface area contributed by atoms with Gasteiger partial charge in [-0.15, -0.1) is 0 Å². The first-order valence-corrected chi connectivity index (χ1v) is 12.3. The molecule has 1 saturated heterocycles. The lowest BCUT2D eigenvalue weighted by Gasteiger charge is -2.18. The molecule has 3 heterocycles. The van der Waals surface area contributed by atoms with Crippen LogP contribution in [0.3, 0.4) is 0 Å². The Morgan fingerprint density at radius 2 is 1.15 bits per heavy atom. The lowest BCUT2D eigenvalue weighted by molar-refractivity contribution is -0.688. The van der Waals surface area contributed by atoms with Gasteiger partial charge in [-0.1, -0.05) is 35.9 Å². The molecule has 2 aromatic heterocycles. The van der Waals surface area contributed by atoms with Gasteiger partial charge >= 0.3 is 0 Å². The van der Waals surface area contributed by atoms with Crippen LogP contribution in [-0.2, 0) is 13.1 Å².